The molecule has 0 aliphatic carbocycles. The molecule has 3 nitrogen and oxygen atoms in total. The molecule has 1 heterocycles. The molecule has 0 spiro atoms. The number of sulfone groups is 1. The van der Waals surface area contributed by atoms with Gasteiger partial charge in [-0.25, -0.2) is 8.42 Å². The second-order valence-corrected chi connectivity index (χ2v) is 6.51. The Hall–Kier alpha value is -1.16. The molecule has 0 aromatic heterocycles. The zero-order valence-electron chi connectivity index (χ0n) is 9.14. The van der Waals surface area contributed by atoms with Gasteiger partial charge in [-0.05, 0) is 24.8 Å². The van der Waals surface area contributed by atoms with Gasteiger partial charge in [0.2, 0.25) is 0 Å². The first-order valence-electron chi connectivity index (χ1n) is 5.29. The van der Waals surface area contributed by atoms with Crippen molar-refractivity contribution >= 4 is 15.6 Å². The van der Waals surface area contributed by atoms with Crippen LogP contribution in [-0.4, -0.2) is 25.7 Å². The van der Waals surface area contributed by atoms with Crippen LogP contribution in [0.1, 0.15) is 35.2 Å². The molecule has 0 bridgehead atoms. The van der Waals surface area contributed by atoms with Gasteiger partial charge in [0, 0.05) is 5.56 Å². The SMILES string of the molecule is CC(=O)c1ccc([C@@H]2CCS(=O)(=O)C2)cc1. The molecule has 86 valence electrons. The lowest BCUT2D eigenvalue weighted by molar-refractivity contribution is 0.101. The van der Waals surface area contributed by atoms with Crippen LogP contribution >= 0.6 is 0 Å². The second-order valence-electron chi connectivity index (χ2n) is 4.28. The molecule has 1 fully saturated rings. The van der Waals surface area contributed by atoms with Crippen molar-refractivity contribution in [2.24, 2.45) is 0 Å². The molecule has 2 rings (SSSR count). The van der Waals surface area contributed by atoms with Gasteiger partial charge in [0.1, 0.15) is 0 Å². The number of ketones is 1. The fourth-order valence-electron chi connectivity index (χ4n) is 2.05. The van der Waals surface area contributed by atoms with E-state index >= 15 is 0 Å². The molecule has 4 heteroatoms. The smallest absolute Gasteiger partial charge is 0.159 e. The molecule has 1 aromatic rings. The lowest BCUT2D eigenvalue weighted by Gasteiger charge is -2.08. The van der Waals surface area contributed by atoms with Crippen LogP contribution in [0.4, 0.5) is 0 Å². The maximum absolute atomic E-state index is 11.3. The number of Topliss-reactive ketones (excluding diaryl/α,β-unsaturated/α-hetero) is 1. The van der Waals surface area contributed by atoms with Crippen molar-refractivity contribution < 1.29 is 13.2 Å². The summed E-state index contributed by atoms with van der Waals surface area (Å²) in [5, 5.41) is 0. The first-order chi connectivity index (χ1) is 7.48. The molecule has 0 amide bonds. The van der Waals surface area contributed by atoms with Crippen molar-refractivity contribution in [2.75, 3.05) is 11.5 Å². The summed E-state index contributed by atoms with van der Waals surface area (Å²) in [6.45, 7) is 1.52. The zero-order chi connectivity index (χ0) is 11.8. The van der Waals surface area contributed by atoms with E-state index in [1.165, 1.54) is 6.92 Å². The number of rotatable bonds is 2. The summed E-state index contributed by atoms with van der Waals surface area (Å²) in [5.74, 6) is 0.662. The Bertz CT molecular complexity index is 500. The fraction of sp³-hybridized carbons (Fsp3) is 0.417. The lowest BCUT2D eigenvalue weighted by atomic mass is 9.97. The van der Waals surface area contributed by atoms with Gasteiger partial charge in [0.25, 0.3) is 0 Å². The largest absolute Gasteiger partial charge is 0.295 e. The number of carbonyl (C=O) groups is 1. The maximum Gasteiger partial charge on any atom is 0.159 e. The van der Waals surface area contributed by atoms with Crippen molar-refractivity contribution in [2.45, 2.75) is 19.3 Å². The highest BCUT2D eigenvalue weighted by molar-refractivity contribution is 7.91. The molecule has 0 radical (unpaired) electrons. The van der Waals surface area contributed by atoms with Gasteiger partial charge in [-0.1, -0.05) is 24.3 Å². The summed E-state index contributed by atoms with van der Waals surface area (Å²) >= 11 is 0. The highest BCUT2D eigenvalue weighted by Crippen LogP contribution is 2.28. The Balaban J connectivity index is 2.20. The molecule has 0 saturated carbocycles. The monoisotopic (exact) mass is 238 g/mol. The lowest BCUT2D eigenvalue weighted by Crippen LogP contribution is -2.04. The molecule has 16 heavy (non-hydrogen) atoms. The summed E-state index contributed by atoms with van der Waals surface area (Å²) in [7, 11) is -2.84. The Morgan fingerprint density at radius 3 is 2.31 bits per heavy atom. The van der Waals surface area contributed by atoms with Gasteiger partial charge in [-0.15, -0.1) is 0 Å². The number of hydrogen-bond acceptors (Lipinski definition) is 3. The number of carbonyl (C=O) groups excluding carboxylic acids is 1. The molecule has 0 N–H and O–H groups in total. The van der Waals surface area contributed by atoms with Crippen molar-refractivity contribution in [3.05, 3.63) is 35.4 Å². The number of benzene rings is 1. The quantitative estimate of drug-likeness (QED) is 0.738. The second kappa shape index (κ2) is 4.01. The third kappa shape index (κ3) is 2.32. The molecular formula is C12H14O3S. The summed E-state index contributed by atoms with van der Waals surface area (Å²) < 4.78 is 22.7. The Labute approximate surface area is 95.4 Å². The minimum absolute atomic E-state index is 0.0330. The molecule has 0 unspecified atom stereocenters. The summed E-state index contributed by atoms with van der Waals surface area (Å²) in [6.07, 6.45) is 0.696. The topological polar surface area (TPSA) is 51.2 Å². The van der Waals surface area contributed by atoms with E-state index in [9.17, 15) is 13.2 Å². The molecule has 1 aliphatic heterocycles. The minimum atomic E-state index is -2.84. The third-order valence-electron chi connectivity index (χ3n) is 3.02. The van der Waals surface area contributed by atoms with Crippen LogP contribution in [-0.2, 0) is 9.84 Å². The van der Waals surface area contributed by atoms with Crippen LogP contribution in [0.2, 0.25) is 0 Å². The van der Waals surface area contributed by atoms with Crippen LogP contribution in [0.15, 0.2) is 24.3 Å². The van der Waals surface area contributed by atoms with Crippen molar-refractivity contribution in [1.82, 2.24) is 0 Å². The predicted molar refractivity (Wildman–Crippen MR) is 62.5 cm³/mol. The van der Waals surface area contributed by atoms with Gasteiger partial charge < -0.3 is 0 Å². The van der Waals surface area contributed by atoms with Crippen LogP contribution in [0.5, 0.6) is 0 Å². The molecule has 1 aromatic carbocycles. The van der Waals surface area contributed by atoms with Crippen molar-refractivity contribution in [3.8, 4) is 0 Å². The van der Waals surface area contributed by atoms with E-state index in [1.807, 2.05) is 12.1 Å². The molecule has 1 aliphatic rings. The molecule has 1 saturated heterocycles. The van der Waals surface area contributed by atoms with Crippen molar-refractivity contribution in [3.63, 3.8) is 0 Å². The van der Waals surface area contributed by atoms with E-state index in [4.69, 9.17) is 0 Å². The number of hydrogen-bond donors (Lipinski definition) is 0. The zero-order valence-corrected chi connectivity index (χ0v) is 9.96. The summed E-state index contributed by atoms with van der Waals surface area (Å²) in [6, 6.07) is 7.26. The highest BCUT2D eigenvalue weighted by Gasteiger charge is 2.28. The Kier molecular flexibility index (Phi) is 2.84. The van der Waals surface area contributed by atoms with Gasteiger partial charge in [0.05, 0.1) is 11.5 Å². The molecule has 1 atom stereocenters. The van der Waals surface area contributed by atoms with Crippen LogP contribution < -0.4 is 0 Å². The summed E-state index contributed by atoms with van der Waals surface area (Å²) in [5.41, 5.74) is 1.69. The van der Waals surface area contributed by atoms with Crippen LogP contribution in [0.3, 0.4) is 0 Å². The van der Waals surface area contributed by atoms with E-state index in [0.717, 1.165) is 5.56 Å². The normalized spacial score (nSPS) is 23.2. The molecular weight excluding hydrogens is 224 g/mol. The van der Waals surface area contributed by atoms with E-state index < -0.39 is 9.84 Å². The third-order valence-corrected chi connectivity index (χ3v) is 4.79. The predicted octanol–water partition coefficient (Wildman–Crippen LogP) is 1.79. The van der Waals surface area contributed by atoms with E-state index in [2.05, 4.69) is 0 Å². The fourth-order valence-corrected chi connectivity index (χ4v) is 3.83. The first-order valence-corrected chi connectivity index (χ1v) is 7.11. The Morgan fingerprint density at radius 1 is 1.25 bits per heavy atom. The van der Waals surface area contributed by atoms with Crippen LogP contribution in [0, 0.1) is 0 Å². The average Bonchev–Trinajstić information content (AvgIpc) is 2.59. The van der Waals surface area contributed by atoms with Gasteiger partial charge in [-0.3, -0.25) is 4.79 Å². The van der Waals surface area contributed by atoms with Gasteiger partial charge >= 0.3 is 0 Å². The maximum atomic E-state index is 11.3. The summed E-state index contributed by atoms with van der Waals surface area (Å²) in [4.78, 5) is 11.1. The van der Waals surface area contributed by atoms with Gasteiger partial charge in [0.15, 0.2) is 15.6 Å². The van der Waals surface area contributed by atoms with Gasteiger partial charge in [-0.2, -0.15) is 0 Å². The standard InChI is InChI=1S/C12H14O3S/c1-9(13)10-2-4-11(5-3-10)12-6-7-16(14,15)8-12/h2-5,12H,6-8H2,1H3/t12-/m1/s1. The first kappa shape index (κ1) is 11.3. The highest BCUT2D eigenvalue weighted by atomic mass is 32.2. The minimum Gasteiger partial charge on any atom is -0.295 e. The van der Waals surface area contributed by atoms with Crippen LogP contribution in [0.25, 0.3) is 0 Å². The average molecular weight is 238 g/mol. The van der Waals surface area contributed by atoms with Crippen molar-refractivity contribution in [1.29, 1.82) is 0 Å². The van der Waals surface area contributed by atoms with E-state index in [1.54, 1.807) is 12.1 Å². The Morgan fingerprint density at radius 2 is 1.88 bits per heavy atom. The van der Waals surface area contributed by atoms with E-state index in [-0.39, 0.29) is 23.2 Å². The van der Waals surface area contributed by atoms with E-state index in [0.29, 0.717) is 12.0 Å².